The van der Waals surface area contributed by atoms with Crippen LogP contribution in [0.4, 0.5) is 4.79 Å². The maximum Gasteiger partial charge on any atom is 0.408 e. The minimum atomic E-state index is -3.87. The van der Waals surface area contributed by atoms with Crippen molar-refractivity contribution in [2.45, 2.75) is 106 Å². The minimum absolute atomic E-state index is 0.0315. The van der Waals surface area contributed by atoms with Gasteiger partial charge in [-0.3, -0.25) is 19.1 Å². The van der Waals surface area contributed by atoms with Crippen LogP contribution in [0.15, 0.2) is 36.4 Å². The molecule has 0 bridgehead atoms. The van der Waals surface area contributed by atoms with Crippen LogP contribution in [0.5, 0.6) is 5.75 Å². The number of carbonyl (C=O) groups excluding carboxylic acids is 4. The van der Waals surface area contributed by atoms with Crippen LogP contribution in [-0.2, 0) is 29.1 Å². The van der Waals surface area contributed by atoms with Gasteiger partial charge >= 0.3 is 6.09 Å². The van der Waals surface area contributed by atoms with E-state index in [4.69, 9.17) is 9.47 Å². The molecule has 1 saturated heterocycles. The summed E-state index contributed by atoms with van der Waals surface area (Å²) >= 11 is 0. The SMILES string of the molecule is COc1ccc(-c2nnn([C@@H]3C[C@H]4C(=O)N[C@@]5(C(=O)NS(=O)(=O)C6CC6)C[C@H]5/C=C\CCCCC[C@@H](NC(=O)OC5CC5)C(=O)N4C3)n2)cc1. The zero-order valence-electron chi connectivity index (χ0n) is 27.8. The summed E-state index contributed by atoms with van der Waals surface area (Å²) in [6.07, 6.45) is 9.07. The van der Waals surface area contributed by atoms with E-state index in [1.807, 2.05) is 12.2 Å². The number of hydrogen-bond acceptors (Lipinski definition) is 11. The molecular formula is C33H42N8O8S. The number of allylic oxidation sites excluding steroid dienone is 1. The van der Waals surface area contributed by atoms with Crippen molar-refractivity contribution in [2.24, 2.45) is 5.92 Å². The summed E-state index contributed by atoms with van der Waals surface area (Å²) in [4.78, 5) is 57.7. The highest BCUT2D eigenvalue weighted by atomic mass is 32.2. The van der Waals surface area contributed by atoms with Gasteiger partial charge in [-0.25, -0.2) is 13.2 Å². The number of aromatic nitrogens is 4. The van der Waals surface area contributed by atoms with Crippen molar-refractivity contribution in [1.82, 2.24) is 40.5 Å². The van der Waals surface area contributed by atoms with E-state index in [9.17, 15) is 27.6 Å². The summed E-state index contributed by atoms with van der Waals surface area (Å²) in [6.45, 7) is 0.0315. The van der Waals surface area contributed by atoms with Crippen LogP contribution in [0.2, 0.25) is 0 Å². The van der Waals surface area contributed by atoms with Crippen LogP contribution in [0.25, 0.3) is 11.4 Å². The third kappa shape index (κ3) is 7.32. The number of rotatable bonds is 8. The summed E-state index contributed by atoms with van der Waals surface area (Å²) in [5.74, 6) is -1.27. The first kappa shape index (κ1) is 33.9. The Kier molecular flexibility index (Phi) is 9.26. The molecule has 3 saturated carbocycles. The number of tetrazole rings is 1. The summed E-state index contributed by atoms with van der Waals surface area (Å²) < 4.78 is 38.4. The molecule has 0 radical (unpaired) electrons. The third-order valence-electron chi connectivity index (χ3n) is 10.1. The molecule has 1 aromatic heterocycles. The Labute approximate surface area is 289 Å². The monoisotopic (exact) mass is 710 g/mol. The average Bonchev–Trinajstić information content (AvgIpc) is 4.06. The number of hydrogen-bond donors (Lipinski definition) is 3. The van der Waals surface area contributed by atoms with E-state index >= 15 is 0 Å². The number of fused-ring (bicyclic) bond motifs is 2. The third-order valence-corrected chi connectivity index (χ3v) is 11.9. The van der Waals surface area contributed by atoms with E-state index in [2.05, 4.69) is 30.8 Å². The van der Waals surface area contributed by atoms with Crippen LogP contribution >= 0.6 is 0 Å². The van der Waals surface area contributed by atoms with Crippen molar-refractivity contribution in [3.8, 4) is 17.1 Å². The Hall–Kier alpha value is -4.54. The smallest absolute Gasteiger partial charge is 0.408 e. The predicted molar refractivity (Wildman–Crippen MR) is 177 cm³/mol. The van der Waals surface area contributed by atoms with E-state index in [1.54, 1.807) is 31.4 Å². The van der Waals surface area contributed by atoms with Gasteiger partial charge in [-0.15, -0.1) is 10.2 Å². The number of nitrogens with one attached hydrogen (secondary N) is 3. The van der Waals surface area contributed by atoms with Gasteiger partial charge in [0.2, 0.25) is 27.7 Å². The number of nitrogens with zero attached hydrogens (tertiary/aromatic N) is 5. The first-order valence-electron chi connectivity index (χ1n) is 17.3. The van der Waals surface area contributed by atoms with E-state index in [-0.39, 0.29) is 25.5 Å². The predicted octanol–water partition coefficient (Wildman–Crippen LogP) is 1.75. The molecule has 2 aromatic rings. The van der Waals surface area contributed by atoms with Gasteiger partial charge in [0.1, 0.15) is 29.5 Å². The quantitative estimate of drug-likeness (QED) is 0.337. The van der Waals surface area contributed by atoms with Gasteiger partial charge in [0, 0.05) is 24.4 Å². The molecule has 3 N–H and O–H groups in total. The molecular weight excluding hydrogens is 668 g/mol. The molecule has 7 rings (SSSR count). The van der Waals surface area contributed by atoms with E-state index in [0.717, 1.165) is 25.7 Å². The second-order valence-corrected chi connectivity index (χ2v) is 15.8. The van der Waals surface area contributed by atoms with Crippen molar-refractivity contribution >= 4 is 33.8 Å². The van der Waals surface area contributed by atoms with Gasteiger partial charge < -0.3 is 25.0 Å². The molecule has 4 fully saturated rings. The van der Waals surface area contributed by atoms with Gasteiger partial charge in [-0.2, -0.15) is 4.80 Å². The van der Waals surface area contributed by atoms with Crippen LogP contribution in [0.1, 0.15) is 76.7 Å². The van der Waals surface area contributed by atoms with Crippen LogP contribution < -0.4 is 20.1 Å². The number of alkyl carbamates (subject to hydrolysis) is 1. The second-order valence-electron chi connectivity index (χ2n) is 13.9. The molecule has 0 unspecified atom stereocenters. The summed E-state index contributed by atoms with van der Waals surface area (Å²) in [5, 5.41) is 18.0. The van der Waals surface area contributed by atoms with Gasteiger partial charge in [0.05, 0.1) is 18.4 Å². The molecule has 3 aliphatic carbocycles. The highest BCUT2D eigenvalue weighted by Gasteiger charge is 2.62. The lowest BCUT2D eigenvalue weighted by Gasteiger charge is -2.29. The molecule has 3 heterocycles. The fourth-order valence-electron chi connectivity index (χ4n) is 6.69. The highest BCUT2D eigenvalue weighted by molar-refractivity contribution is 7.91. The Morgan fingerprint density at radius 2 is 1.82 bits per heavy atom. The normalized spacial score (nSPS) is 29.3. The second kappa shape index (κ2) is 13.6. The van der Waals surface area contributed by atoms with Gasteiger partial charge in [-0.05, 0) is 80.8 Å². The average molecular weight is 711 g/mol. The number of ether oxygens (including phenoxy) is 2. The van der Waals surface area contributed by atoms with E-state index in [0.29, 0.717) is 49.2 Å². The molecule has 17 heteroatoms. The Balaban J connectivity index is 1.17. The fourth-order valence-corrected chi connectivity index (χ4v) is 8.06. The minimum Gasteiger partial charge on any atom is -0.497 e. The largest absolute Gasteiger partial charge is 0.497 e. The Bertz CT molecular complexity index is 1770. The number of methoxy groups -OCH3 is 1. The molecule has 2 aliphatic heterocycles. The highest BCUT2D eigenvalue weighted by Crippen LogP contribution is 2.46. The molecule has 16 nitrogen and oxygen atoms in total. The number of amides is 4. The first-order chi connectivity index (χ1) is 24.1. The number of benzene rings is 1. The van der Waals surface area contributed by atoms with Crippen LogP contribution in [0, 0.1) is 5.92 Å². The van der Waals surface area contributed by atoms with Gasteiger partial charge in [0.15, 0.2) is 0 Å². The zero-order chi connectivity index (χ0) is 35.0. The Morgan fingerprint density at radius 1 is 1.04 bits per heavy atom. The van der Waals surface area contributed by atoms with Crippen LogP contribution in [0.3, 0.4) is 0 Å². The fraction of sp³-hybridized carbons (Fsp3) is 0.606. The zero-order valence-corrected chi connectivity index (χ0v) is 28.6. The van der Waals surface area contributed by atoms with E-state index in [1.165, 1.54) is 9.70 Å². The topological polar surface area (TPSA) is 204 Å². The standard InChI is InChI=1S/C33H42N8O8S/c1-48-23-11-9-20(10-12-23)28-36-39-41(37-28)22-17-27-29(42)35-33(31(44)38-50(46,47)25-15-16-25)18-21(33)7-5-3-2-4-6-8-26(30(43)40(27)19-22)34-32(45)49-24-13-14-24/h5,7,9-12,21-22,24-27H,2-4,6,8,13-19H2,1H3,(H,34,45)(H,35,42)(H,38,44)/b7-5-/t21-,22-,26-,27+,33+/m1/s1. The molecule has 268 valence electrons. The lowest BCUT2D eigenvalue weighted by Crippen LogP contribution is -2.58. The van der Waals surface area contributed by atoms with Crippen LogP contribution in [-0.4, -0.2) is 100.0 Å². The summed E-state index contributed by atoms with van der Waals surface area (Å²) in [5.41, 5.74) is -0.791. The lowest BCUT2D eigenvalue weighted by molar-refractivity contribution is -0.141. The Morgan fingerprint density at radius 3 is 2.54 bits per heavy atom. The first-order valence-corrected chi connectivity index (χ1v) is 18.9. The maximum absolute atomic E-state index is 14.3. The molecule has 5 atom stereocenters. The van der Waals surface area contributed by atoms with Gasteiger partial charge in [0.25, 0.3) is 5.91 Å². The van der Waals surface area contributed by atoms with Gasteiger partial charge in [-0.1, -0.05) is 25.0 Å². The van der Waals surface area contributed by atoms with Crippen molar-refractivity contribution < 1.29 is 37.1 Å². The van der Waals surface area contributed by atoms with Crippen molar-refractivity contribution in [1.29, 1.82) is 0 Å². The molecule has 0 spiro atoms. The molecule has 1 aromatic carbocycles. The lowest BCUT2D eigenvalue weighted by atomic mass is 10.0. The van der Waals surface area contributed by atoms with E-state index < -0.39 is 68.7 Å². The molecule has 4 amide bonds. The van der Waals surface area contributed by atoms with Crippen molar-refractivity contribution in [2.75, 3.05) is 13.7 Å². The number of carbonyl (C=O) groups is 4. The molecule has 5 aliphatic rings. The number of sulfonamides is 1. The summed E-state index contributed by atoms with van der Waals surface area (Å²) in [7, 11) is -2.31. The maximum atomic E-state index is 14.3. The molecule has 50 heavy (non-hydrogen) atoms. The summed E-state index contributed by atoms with van der Waals surface area (Å²) in [6, 6.07) is 4.53. The van der Waals surface area contributed by atoms with Crippen molar-refractivity contribution in [3.05, 3.63) is 36.4 Å². The van der Waals surface area contributed by atoms with Crippen molar-refractivity contribution in [3.63, 3.8) is 0 Å².